The molecule has 1 aliphatic heterocycles. The molecule has 1 aromatic heterocycles. The largest absolute Gasteiger partial charge is 0.352 e. The Labute approximate surface area is 103 Å². The maximum Gasteiger partial charge on any atom is 0.153 e. The van der Waals surface area contributed by atoms with Crippen molar-refractivity contribution in [3.8, 4) is 0 Å². The predicted molar refractivity (Wildman–Crippen MR) is 69.6 cm³/mol. The van der Waals surface area contributed by atoms with Crippen LogP contribution < -0.4 is 10.2 Å². The van der Waals surface area contributed by atoms with E-state index in [4.69, 9.17) is 0 Å². The molecule has 0 radical (unpaired) electrons. The molecule has 0 spiro atoms. The quantitative estimate of drug-likeness (QED) is 0.772. The second kappa shape index (κ2) is 4.02. The number of H-pyrrole nitrogens is 1. The zero-order chi connectivity index (χ0) is 11.9. The van der Waals surface area contributed by atoms with Crippen molar-refractivity contribution < 1.29 is 0 Å². The van der Waals surface area contributed by atoms with Gasteiger partial charge in [-0.05, 0) is 19.3 Å². The fraction of sp³-hybridized carbons (Fsp3) is 0.769. The van der Waals surface area contributed by atoms with E-state index in [9.17, 15) is 0 Å². The van der Waals surface area contributed by atoms with Crippen molar-refractivity contribution in [1.82, 2.24) is 15.5 Å². The van der Waals surface area contributed by atoms with Crippen LogP contribution in [0.5, 0.6) is 0 Å². The van der Waals surface area contributed by atoms with Crippen molar-refractivity contribution in [1.29, 1.82) is 0 Å². The highest BCUT2D eigenvalue weighted by Crippen LogP contribution is 2.39. The molecule has 0 unspecified atom stereocenters. The Morgan fingerprint density at radius 2 is 2.00 bits per heavy atom. The van der Waals surface area contributed by atoms with Gasteiger partial charge in [-0.15, -0.1) is 0 Å². The molecule has 2 heterocycles. The molecule has 1 saturated heterocycles. The molecule has 0 amide bonds. The van der Waals surface area contributed by atoms with Gasteiger partial charge in [0.2, 0.25) is 0 Å². The first-order valence-electron chi connectivity index (χ1n) is 6.72. The van der Waals surface area contributed by atoms with Gasteiger partial charge in [0.15, 0.2) is 5.82 Å². The minimum atomic E-state index is 0.271. The molecule has 1 aromatic rings. The van der Waals surface area contributed by atoms with Gasteiger partial charge in [-0.3, -0.25) is 5.10 Å². The van der Waals surface area contributed by atoms with Crippen LogP contribution in [0.25, 0.3) is 0 Å². The van der Waals surface area contributed by atoms with E-state index in [0.29, 0.717) is 0 Å². The smallest absolute Gasteiger partial charge is 0.153 e. The van der Waals surface area contributed by atoms with Crippen LogP contribution in [-0.4, -0.2) is 36.4 Å². The molecular formula is C13H22N4. The summed E-state index contributed by atoms with van der Waals surface area (Å²) in [6, 6.07) is 0. The lowest BCUT2D eigenvalue weighted by Gasteiger charge is -2.32. The zero-order valence-electron chi connectivity index (χ0n) is 10.8. The SMILES string of the molecule is CC1(C)CCCc2c(N3CCNCC3)n[nH]c21. The molecule has 1 aliphatic carbocycles. The summed E-state index contributed by atoms with van der Waals surface area (Å²) in [6.45, 7) is 8.96. The Kier molecular flexibility index (Phi) is 2.62. The predicted octanol–water partition coefficient (Wildman–Crippen LogP) is 1.43. The van der Waals surface area contributed by atoms with Crippen molar-refractivity contribution >= 4 is 5.82 Å². The third kappa shape index (κ3) is 1.84. The Bertz CT molecular complexity index is 402. The van der Waals surface area contributed by atoms with Gasteiger partial charge in [0, 0.05) is 42.9 Å². The summed E-state index contributed by atoms with van der Waals surface area (Å²) in [7, 11) is 0. The summed E-state index contributed by atoms with van der Waals surface area (Å²) in [5, 5.41) is 11.3. The highest BCUT2D eigenvalue weighted by atomic mass is 15.3. The maximum atomic E-state index is 4.59. The van der Waals surface area contributed by atoms with Crippen LogP contribution in [0.15, 0.2) is 0 Å². The number of nitrogens with zero attached hydrogens (tertiary/aromatic N) is 2. The van der Waals surface area contributed by atoms with E-state index in [1.165, 1.54) is 36.3 Å². The van der Waals surface area contributed by atoms with E-state index in [2.05, 4.69) is 34.3 Å². The molecule has 2 N–H and O–H groups in total. The van der Waals surface area contributed by atoms with Gasteiger partial charge in [0.25, 0.3) is 0 Å². The van der Waals surface area contributed by atoms with E-state index < -0.39 is 0 Å². The number of aromatic amines is 1. The molecule has 0 bridgehead atoms. The van der Waals surface area contributed by atoms with Crippen molar-refractivity contribution in [2.24, 2.45) is 0 Å². The molecule has 0 atom stereocenters. The van der Waals surface area contributed by atoms with E-state index in [1.807, 2.05) is 0 Å². The van der Waals surface area contributed by atoms with E-state index in [0.717, 1.165) is 26.2 Å². The monoisotopic (exact) mass is 234 g/mol. The third-order valence-corrected chi connectivity index (χ3v) is 4.17. The average molecular weight is 234 g/mol. The lowest BCUT2D eigenvalue weighted by atomic mass is 9.76. The number of aromatic nitrogens is 2. The average Bonchev–Trinajstić information content (AvgIpc) is 2.75. The first-order valence-corrected chi connectivity index (χ1v) is 6.72. The Hall–Kier alpha value is -1.03. The number of anilines is 1. The summed E-state index contributed by atoms with van der Waals surface area (Å²) < 4.78 is 0. The van der Waals surface area contributed by atoms with Gasteiger partial charge < -0.3 is 10.2 Å². The van der Waals surface area contributed by atoms with Crippen LogP contribution >= 0.6 is 0 Å². The Morgan fingerprint density at radius 1 is 1.24 bits per heavy atom. The van der Waals surface area contributed by atoms with Gasteiger partial charge in [-0.25, -0.2) is 0 Å². The Morgan fingerprint density at radius 3 is 2.76 bits per heavy atom. The summed E-state index contributed by atoms with van der Waals surface area (Å²) in [4.78, 5) is 2.42. The van der Waals surface area contributed by atoms with Gasteiger partial charge in [0.05, 0.1) is 0 Å². The highest BCUT2D eigenvalue weighted by Gasteiger charge is 2.32. The second-order valence-electron chi connectivity index (χ2n) is 5.88. The third-order valence-electron chi connectivity index (χ3n) is 4.17. The Balaban J connectivity index is 1.94. The van der Waals surface area contributed by atoms with Gasteiger partial charge >= 0.3 is 0 Å². The van der Waals surface area contributed by atoms with Gasteiger partial charge in [-0.2, -0.15) is 5.10 Å². The van der Waals surface area contributed by atoms with E-state index >= 15 is 0 Å². The number of fused-ring (bicyclic) bond motifs is 1. The van der Waals surface area contributed by atoms with Crippen molar-refractivity contribution in [2.45, 2.75) is 38.5 Å². The molecular weight excluding hydrogens is 212 g/mol. The number of hydrogen-bond donors (Lipinski definition) is 2. The molecule has 17 heavy (non-hydrogen) atoms. The van der Waals surface area contributed by atoms with Crippen molar-refractivity contribution in [2.75, 3.05) is 31.1 Å². The molecule has 2 aliphatic rings. The summed E-state index contributed by atoms with van der Waals surface area (Å²) in [6.07, 6.45) is 3.75. The van der Waals surface area contributed by atoms with Crippen LogP contribution in [-0.2, 0) is 11.8 Å². The van der Waals surface area contributed by atoms with Crippen LogP contribution in [0, 0.1) is 0 Å². The minimum Gasteiger partial charge on any atom is -0.352 e. The maximum absolute atomic E-state index is 4.59. The van der Waals surface area contributed by atoms with Gasteiger partial charge in [-0.1, -0.05) is 13.8 Å². The number of hydrogen-bond acceptors (Lipinski definition) is 3. The fourth-order valence-electron chi connectivity index (χ4n) is 3.12. The molecule has 94 valence electrons. The molecule has 1 fully saturated rings. The summed E-state index contributed by atoms with van der Waals surface area (Å²) in [5.41, 5.74) is 3.12. The molecule has 4 nitrogen and oxygen atoms in total. The topological polar surface area (TPSA) is 44.0 Å². The second-order valence-corrected chi connectivity index (χ2v) is 5.88. The van der Waals surface area contributed by atoms with Crippen molar-refractivity contribution in [3.63, 3.8) is 0 Å². The first-order chi connectivity index (χ1) is 8.18. The van der Waals surface area contributed by atoms with Crippen molar-refractivity contribution in [3.05, 3.63) is 11.3 Å². The molecule has 0 aromatic carbocycles. The fourth-order valence-corrected chi connectivity index (χ4v) is 3.12. The highest BCUT2D eigenvalue weighted by molar-refractivity contribution is 5.52. The lowest BCUT2D eigenvalue weighted by molar-refractivity contribution is 0.420. The molecule has 0 saturated carbocycles. The van der Waals surface area contributed by atoms with Crippen LogP contribution in [0.1, 0.15) is 37.9 Å². The van der Waals surface area contributed by atoms with Crippen LogP contribution in [0.4, 0.5) is 5.82 Å². The molecule has 3 rings (SSSR count). The van der Waals surface area contributed by atoms with Crippen LogP contribution in [0.2, 0.25) is 0 Å². The van der Waals surface area contributed by atoms with E-state index in [-0.39, 0.29) is 5.41 Å². The lowest BCUT2D eigenvalue weighted by Crippen LogP contribution is -2.44. The number of piperazine rings is 1. The van der Waals surface area contributed by atoms with E-state index in [1.54, 1.807) is 0 Å². The number of nitrogens with one attached hydrogen (secondary N) is 2. The molecule has 4 heteroatoms. The summed E-state index contributed by atoms with van der Waals surface area (Å²) >= 11 is 0. The normalized spacial score (nSPS) is 23.5. The first kappa shape index (κ1) is 11.1. The summed E-state index contributed by atoms with van der Waals surface area (Å²) in [5.74, 6) is 1.22. The minimum absolute atomic E-state index is 0.271. The zero-order valence-corrected chi connectivity index (χ0v) is 10.8. The number of rotatable bonds is 1. The standard InChI is InChI=1S/C13H22N4/c1-13(2)5-3-4-10-11(13)15-16-12(10)17-8-6-14-7-9-17/h14H,3-9H2,1-2H3,(H,15,16). The van der Waals surface area contributed by atoms with Crippen LogP contribution in [0.3, 0.4) is 0 Å². The van der Waals surface area contributed by atoms with Gasteiger partial charge in [0.1, 0.15) is 0 Å².